The van der Waals surface area contributed by atoms with Gasteiger partial charge in [0.25, 0.3) is 5.91 Å². The lowest BCUT2D eigenvalue weighted by molar-refractivity contribution is 0.102. The third kappa shape index (κ3) is 6.95. The average Bonchev–Trinajstić information content (AvgIpc) is 3.25. The van der Waals surface area contributed by atoms with E-state index in [-0.39, 0.29) is 11.7 Å². The highest BCUT2D eigenvalue weighted by Gasteiger charge is 2.17. The van der Waals surface area contributed by atoms with Gasteiger partial charge in [0, 0.05) is 48.6 Å². The summed E-state index contributed by atoms with van der Waals surface area (Å²) in [6, 6.07) is 12.6. The quantitative estimate of drug-likeness (QED) is 0.404. The van der Waals surface area contributed by atoms with E-state index in [1.54, 1.807) is 12.1 Å². The number of likely N-dealkylation sites (N-methyl/N-ethyl adjacent to an activating group) is 1. The first-order chi connectivity index (χ1) is 17.8. The van der Waals surface area contributed by atoms with E-state index in [0.717, 1.165) is 43.0 Å². The van der Waals surface area contributed by atoms with Gasteiger partial charge in [-0.3, -0.25) is 9.89 Å². The number of halogens is 1. The van der Waals surface area contributed by atoms with E-state index in [0.29, 0.717) is 28.2 Å². The summed E-state index contributed by atoms with van der Waals surface area (Å²) in [5.74, 6) is -0.179. The van der Waals surface area contributed by atoms with Crippen LogP contribution in [0.25, 0.3) is 17.7 Å². The van der Waals surface area contributed by atoms with Crippen LogP contribution in [0.15, 0.2) is 49.0 Å². The second kappa shape index (κ2) is 13.0. The maximum absolute atomic E-state index is 14.5. The maximum Gasteiger partial charge on any atom is 0.256 e. The molecule has 0 unspecified atom stereocenters. The van der Waals surface area contributed by atoms with E-state index in [4.69, 9.17) is 0 Å². The lowest BCUT2D eigenvalue weighted by atomic mass is 9.99. The van der Waals surface area contributed by atoms with Gasteiger partial charge in [-0.25, -0.2) is 4.39 Å². The van der Waals surface area contributed by atoms with Crippen LogP contribution < -0.4 is 10.2 Å². The van der Waals surface area contributed by atoms with Crippen LogP contribution in [0.1, 0.15) is 59.9 Å². The van der Waals surface area contributed by atoms with Gasteiger partial charge >= 0.3 is 0 Å². The molecule has 1 aromatic heterocycles. The molecule has 7 heteroatoms. The molecule has 0 aliphatic carbocycles. The molecule has 1 saturated heterocycles. The highest BCUT2D eigenvalue weighted by Crippen LogP contribution is 2.28. The number of anilines is 2. The molecule has 2 heterocycles. The Labute approximate surface area is 219 Å². The number of carbonyl (C=O) groups is 1. The van der Waals surface area contributed by atoms with E-state index in [1.165, 1.54) is 12.5 Å². The number of hydrogen-bond donors (Lipinski definition) is 2. The number of piperazine rings is 1. The molecule has 2 N–H and O–H groups in total. The molecule has 3 aromatic rings. The van der Waals surface area contributed by atoms with Crippen molar-refractivity contribution in [2.24, 2.45) is 0 Å². The fraction of sp³-hybridized carbons (Fsp3) is 0.333. The molecule has 37 heavy (non-hydrogen) atoms. The van der Waals surface area contributed by atoms with E-state index in [1.807, 2.05) is 50.3 Å². The molecule has 196 valence electrons. The summed E-state index contributed by atoms with van der Waals surface area (Å²) >= 11 is 0. The molecule has 1 aliphatic heterocycles. The van der Waals surface area contributed by atoms with Crippen molar-refractivity contribution in [1.29, 1.82) is 0 Å². The molecule has 6 nitrogen and oxygen atoms in total. The van der Waals surface area contributed by atoms with Crippen LogP contribution in [0.3, 0.4) is 0 Å². The number of H-pyrrole nitrogens is 1. The molecule has 1 fully saturated rings. The Bertz CT molecular complexity index is 1220. The van der Waals surface area contributed by atoms with E-state index in [9.17, 15) is 9.18 Å². The van der Waals surface area contributed by atoms with Gasteiger partial charge in [0.2, 0.25) is 0 Å². The third-order valence-corrected chi connectivity index (χ3v) is 6.24. The number of aryl methyl sites for hydroxylation is 1. The topological polar surface area (TPSA) is 64.3 Å². The van der Waals surface area contributed by atoms with Gasteiger partial charge in [-0.15, -0.1) is 0 Å². The third-order valence-electron chi connectivity index (χ3n) is 6.24. The van der Waals surface area contributed by atoms with Gasteiger partial charge in [-0.05, 0) is 74.5 Å². The maximum atomic E-state index is 14.5. The minimum atomic E-state index is -0.288. The summed E-state index contributed by atoms with van der Waals surface area (Å²) in [6.45, 7) is 15.8. The average molecular weight is 504 g/mol. The zero-order valence-electron chi connectivity index (χ0n) is 22.6. The second-order valence-corrected chi connectivity index (χ2v) is 9.36. The molecule has 0 spiro atoms. The van der Waals surface area contributed by atoms with Gasteiger partial charge in [0.1, 0.15) is 5.82 Å². The summed E-state index contributed by atoms with van der Waals surface area (Å²) in [7, 11) is 2.13. The van der Waals surface area contributed by atoms with Gasteiger partial charge in [-0.1, -0.05) is 39.0 Å². The van der Waals surface area contributed by atoms with Crippen molar-refractivity contribution in [1.82, 2.24) is 15.1 Å². The number of hydrogen-bond acceptors (Lipinski definition) is 4. The van der Waals surface area contributed by atoms with Crippen LogP contribution >= 0.6 is 0 Å². The SMILES string of the molecule is C=Cc1[nH]nc(NC(=O)c2ccc(N3CCN(C)CC3)cc2)c1/C=C(\C)c1c(C)cccc1F.CCC. The largest absolute Gasteiger partial charge is 0.369 e. The predicted molar refractivity (Wildman–Crippen MR) is 153 cm³/mol. The Hall–Kier alpha value is -3.71. The smallest absolute Gasteiger partial charge is 0.256 e. The number of allylic oxidation sites excluding steroid dienone is 1. The molecule has 0 saturated carbocycles. The monoisotopic (exact) mass is 503 g/mol. The van der Waals surface area contributed by atoms with Crippen molar-refractivity contribution in [3.05, 3.63) is 82.8 Å². The molecule has 0 radical (unpaired) electrons. The normalized spacial score (nSPS) is 14.1. The number of nitrogens with one attached hydrogen (secondary N) is 2. The van der Waals surface area contributed by atoms with Crippen LogP contribution in [0.2, 0.25) is 0 Å². The fourth-order valence-corrected chi connectivity index (χ4v) is 4.25. The Morgan fingerprint density at radius 2 is 1.78 bits per heavy atom. The van der Waals surface area contributed by atoms with Crippen molar-refractivity contribution in [2.45, 2.75) is 34.1 Å². The lowest BCUT2D eigenvalue weighted by Crippen LogP contribution is -2.44. The van der Waals surface area contributed by atoms with Crippen LogP contribution in [-0.2, 0) is 0 Å². The zero-order chi connectivity index (χ0) is 26.9. The molecule has 2 aromatic carbocycles. The standard InChI is InChI=1S/C27H30FN5O.C3H8/c1-5-24-22(17-19(3)25-18(2)7-6-8-23(25)28)26(31-30-24)29-27(34)20-9-11-21(12-10-20)33-15-13-32(4)14-16-33;1-3-2/h5-12,17H,1,13-16H2,2-4H3,(H2,29,30,31,34);3H2,1-2H3/b19-17+;. The summed E-state index contributed by atoms with van der Waals surface area (Å²) in [4.78, 5) is 17.6. The highest BCUT2D eigenvalue weighted by atomic mass is 19.1. The van der Waals surface area contributed by atoms with Gasteiger partial charge in [0.05, 0.1) is 5.69 Å². The van der Waals surface area contributed by atoms with Crippen molar-refractivity contribution in [3.8, 4) is 0 Å². The highest BCUT2D eigenvalue weighted by molar-refractivity contribution is 6.05. The lowest BCUT2D eigenvalue weighted by Gasteiger charge is -2.34. The number of amides is 1. The van der Waals surface area contributed by atoms with E-state index in [2.05, 4.69) is 52.8 Å². The van der Waals surface area contributed by atoms with E-state index >= 15 is 0 Å². The minimum Gasteiger partial charge on any atom is -0.369 e. The van der Waals surface area contributed by atoms with Crippen molar-refractivity contribution in [2.75, 3.05) is 43.4 Å². The number of benzene rings is 2. The van der Waals surface area contributed by atoms with Crippen molar-refractivity contribution in [3.63, 3.8) is 0 Å². The Morgan fingerprint density at radius 3 is 2.38 bits per heavy atom. The van der Waals surface area contributed by atoms with Crippen LogP contribution in [0, 0.1) is 12.7 Å². The number of carbonyl (C=O) groups excluding carboxylic acids is 1. The van der Waals surface area contributed by atoms with Gasteiger partial charge in [-0.2, -0.15) is 5.10 Å². The Balaban J connectivity index is 0.00000121. The molecule has 0 atom stereocenters. The molecule has 1 amide bonds. The Morgan fingerprint density at radius 1 is 1.14 bits per heavy atom. The predicted octanol–water partition coefficient (Wildman–Crippen LogP) is 6.48. The first kappa shape index (κ1) is 27.9. The first-order valence-electron chi connectivity index (χ1n) is 12.8. The summed E-state index contributed by atoms with van der Waals surface area (Å²) in [6.07, 6.45) is 4.69. The van der Waals surface area contributed by atoms with Crippen molar-refractivity contribution >= 4 is 35.1 Å². The first-order valence-corrected chi connectivity index (χ1v) is 12.8. The summed E-state index contributed by atoms with van der Waals surface area (Å²) in [5.41, 5.74) is 5.05. The molecular formula is C30H38FN5O. The van der Waals surface area contributed by atoms with E-state index < -0.39 is 0 Å². The summed E-state index contributed by atoms with van der Waals surface area (Å²) in [5, 5.41) is 10.0. The number of aromatic nitrogens is 2. The summed E-state index contributed by atoms with van der Waals surface area (Å²) < 4.78 is 14.5. The second-order valence-electron chi connectivity index (χ2n) is 9.36. The number of nitrogens with zero attached hydrogens (tertiary/aromatic N) is 3. The Kier molecular flexibility index (Phi) is 9.80. The number of aromatic amines is 1. The molecule has 1 aliphatic rings. The zero-order valence-corrected chi connectivity index (χ0v) is 22.6. The molecular weight excluding hydrogens is 465 g/mol. The number of rotatable bonds is 6. The van der Waals surface area contributed by atoms with Crippen LogP contribution in [0.5, 0.6) is 0 Å². The fourth-order valence-electron chi connectivity index (χ4n) is 4.25. The minimum absolute atomic E-state index is 0.263. The van der Waals surface area contributed by atoms with Crippen molar-refractivity contribution < 1.29 is 9.18 Å². The molecule has 4 rings (SSSR count). The molecule has 0 bridgehead atoms. The van der Waals surface area contributed by atoms with Crippen LogP contribution in [-0.4, -0.2) is 54.2 Å². The van der Waals surface area contributed by atoms with Crippen LogP contribution in [0.4, 0.5) is 15.9 Å². The van der Waals surface area contributed by atoms with Gasteiger partial charge < -0.3 is 15.1 Å². The van der Waals surface area contributed by atoms with Gasteiger partial charge in [0.15, 0.2) is 5.82 Å².